The highest BCUT2D eigenvalue weighted by molar-refractivity contribution is 14.0. The van der Waals surface area contributed by atoms with Gasteiger partial charge in [0.1, 0.15) is 5.65 Å². The number of aliphatic imine (C=N–C) groups is 1. The lowest BCUT2D eigenvalue weighted by Crippen LogP contribution is -2.37. The van der Waals surface area contributed by atoms with E-state index in [9.17, 15) is 0 Å². The Balaban J connectivity index is 0.00000280. The molecule has 0 aromatic carbocycles. The van der Waals surface area contributed by atoms with Gasteiger partial charge in [-0.15, -0.1) is 24.0 Å². The smallest absolute Gasteiger partial charge is 0.191 e. The minimum atomic E-state index is 0. The summed E-state index contributed by atoms with van der Waals surface area (Å²) < 4.78 is 13.3. The van der Waals surface area contributed by atoms with Crippen LogP contribution in [0.3, 0.4) is 0 Å². The number of rotatable bonds is 8. The molecule has 0 atom stereocenters. The maximum Gasteiger partial charge on any atom is 0.191 e. The first-order chi connectivity index (χ1) is 13.3. The molecule has 0 saturated carbocycles. The van der Waals surface area contributed by atoms with Gasteiger partial charge in [0.15, 0.2) is 5.96 Å². The summed E-state index contributed by atoms with van der Waals surface area (Å²) in [5.41, 5.74) is 3.14. The van der Waals surface area contributed by atoms with E-state index in [0.29, 0.717) is 12.5 Å². The van der Waals surface area contributed by atoms with Gasteiger partial charge >= 0.3 is 0 Å². The van der Waals surface area contributed by atoms with Crippen LogP contribution in [0, 0.1) is 12.8 Å². The molecule has 156 valence electrons. The van der Waals surface area contributed by atoms with E-state index in [4.69, 9.17) is 9.47 Å². The monoisotopic (exact) mass is 501 g/mol. The third kappa shape index (κ3) is 6.89. The van der Waals surface area contributed by atoms with Gasteiger partial charge < -0.3 is 24.5 Å². The number of nitrogens with one attached hydrogen (secondary N) is 2. The molecule has 28 heavy (non-hydrogen) atoms. The fraction of sp³-hybridized carbons (Fsp3) is 0.600. The van der Waals surface area contributed by atoms with E-state index in [2.05, 4.69) is 44.2 Å². The molecular weight excluding hydrogens is 469 g/mol. The number of ether oxygens (including phenoxy) is 2. The van der Waals surface area contributed by atoms with Crippen molar-refractivity contribution in [3.05, 3.63) is 35.8 Å². The van der Waals surface area contributed by atoms with Gasteiger partial charge in [0.05, 0.1) is 12.2 Å². The number of guanidine groups is 1. The average molecular weight is 501 g/mol. The first kappa shape index (κ1) is 22.9. The Kier molecular flexibility index (Phi) is 10.0. The summed E-state index contributed by atoms with van der Waals surface area (Å²) in [6, 6.07) is 6.12. The number of hydrogen-bond acceptors (Lipinski definition) is 4. The molecular formula is C20H32IN5O2. The second-order valence-corrected chi connectivity index (χ2v) is 6.96. The van der Waals surface area contributed by atoms with E-state index < -0.39 is 0 Å². The molecule has 0 amide bonds. The Hall–Kier alpha value is -1.39. The van der Waals surface area contributed by atoms with Crippen molar-refractivity contribution < 1.29 is 9.47 Å². The van der Waals surface area contributed by atoms with E-state index in [-0.39, 0.29) is 24.0 Å². The number of aryl methyl sites for hydroxylation is 1. The van der Waals surface area contributed by atoms with Crippen molar-refractivity contribution in [3.63, 3.8) is 0 Å². The normalized spacial score (nSPS) is 15.4. The summed E-state index contributed by atoms with van der Waals surface area (Å²) in [4.78, 5) is 8.90. The Morgan fingerprint density at radius 1 is 1.32 bits per heavy atom. The van der Waals surface area contributed by atoms with Crippen LogP contribution in [0.1, 0.15) is 30.7 Å². The molecule has 1 saturated heterocycles. The zero-order valence-electron chi connectivity index (χ0n) is 16.8. The maximum absolute atomic E-state index is 5.79. The fourth-order valence-corrected chi connectivity index (χ4v) is 3.22. The van der Waals surface area contributed by atoms with Gasteiger partial charge in [0.2, 0.25) is 0 Å². The molecule has 0 bridgehead atoms. The molecule has 0 aliphatic carbocycles. The van der Waals surface area contributed by atoms with Crippen LogP contribution in [0.2, 0.25) is 0 Å². The zero-order valence-corrected chi connectivity index (χ0v) is 19.1. The van der Waals surface area contributed by atoms with Crippen molar-refractivity contribution in [2.75, 3.05) is 40.0 Å². The third-order valence-electron chi connectivity index (χ3n) is 4.86. The van der Waals surface area contributed by atoms with Crippen LogP contribution in [0.4, 0.5) is 0 Å². The predicted molar refractivity (Wildman–Crippen MR) is 123 cm³/mol. The molecule has 7 nitrogen and oxygen atoms in total. The molecule has 0 radical (unpaired) electrons. The van der Waals surface area contributed by atoms with Crippen molar-refractivity contribution >= 4 is 35.6 Å². The molecule has 2 N–H and O–H groups in total. The van der Waals surface area contributed by atoms with E-state index in [0.717, 1.165) is 69.5 Å². The van der Waals surface area contributed by atoms with Crippen molar-refractivity contribution in [2.45, 2.75) is 32.7 Å². The summed E-state index contributed by atoms with van der Waals surface area (Å²) in [5.74, 6) is 1.45. The first-order valence-electron chi connectivity index (χ1n) is 9.80. The van der Waals surface area contributed by atoms with Crippen LogP contribution in [-0.4, -0.2) is 55.4 Å². The molecule has 1 aliphatic rings. The van der Waals surface area contributed by atoms with Crippen molar-refractivity contribution in [2.24, 2.45) is 10.9 Å². The van der Waals surface area contributed by atoms with Crippen LogP contribution in [0.15, 0.2) is 29.4 Å². The largest absolute Gasteiger partial charge is 0.381 e. The van der Waals surface area contributed by atoms with E-state index in [1.807, 2.05) is 12.1 Å². The second-order valence-electron chi connectivity index (χ2n) is 6.96. The lowest BCUT2D eigenvalue weighted by molar-refractivity contribution is 0.0203. The Morgan fingerprint density at radius 3 is 2.89 bits per heavy atom. The van der Waals surface area contributed by atoms with E-state index in [1.165, 1.54) is 5.69 Å². The SMILES string of the molecule is CN=C(NCCCOCC1CCOCC1)NCc1cn2c(C)cccc2n1.I. The summed E-state index contributed by atoms with van der Waals surface area (Å²) in [6.45, 7) is 6.93. The number of nitrogens with zero attached hydrogens (tertiary/aromatic N) is 3. The minimum Gasteiger partial charge on any atom is -0.381 e. The Bertz CT molecular complexity index is 743. The molecule has 0 spiro atoms. The predicted octanol–water partition coefficient (Wildman–Crippen LogP) is 2.76. The van der Waals surface area contributed by atoms with Gasteiger partial charge in [-0.1, -0.05) is 6.07 Å². The number of hydrogen-bond donors (Lipinski definition) is 2. The van der Waals surface area contributed by atoms with Gasteiger partial charge in [0.25, 0.3) is 0 Å². The third-order valence-corrected chi connectivity index (χ3v) is 4.86. The number of pyridine rings is 1. The summed E-state index contributed by atoms with van der Waals surface area (Å²) >= 11 is 0. The topological polar surface area (TPSA) is 72.2 Å². The standard InChI is InChI=1S/C20H31N5O2.HI/c1-16-5-3-6-19-24-18(14-25(16)19)13-23-20(21-2)22-9-4-10-27-15-17-7-11-26-12-8-17;/h3,5-6,14,17H,4,7-13,15H2,1-2H3,(H2,21,22,23);1H. The van der Waals surface area contributed by atoms with E-state index in [1.54, 1.807) is 7.05 Å². The van der Waals surface area contributed by atoms with Gasteiger partial charge in [-0.05, 0) is 44.2 Å². The van der Waals surface area contributed by atoms with Gasteiger partial charge in [-0.2, -0.15) is 0 Å². The Labute approximate surface area is 184 Å². The number of fused-ring (bicyclic) bond motifs is 1. The number of aromatic nitrogens is 2. The Morgan fingerprint density at radius 2 is 2.14 bits per heavy atom. The zero-order chi connectivity index (χ0) is 18.9. The molecule has 0 unspecified atom stereocenters. The molecule has 2 aromatic heterocycles. The van der Waals surface area contributed by atoms with Crippen LogP contribution in [0.5, 0.6) is 0 Å². The summed E-state index contributed by atoms with van der Waals surface area (Å²) in [7, 11) is 1.78. The molecule has 1 fully saturated rings. The summed E-state index contributed by atoms with van der Waals surface area (Å²) in [5, 5.41) is 6.64. The lowest BCUT2D eigenvalue weighted by atomic mass is 10.0. The van der Waals surface area contributed by atoms with Crippen LogP contribution >= 0.6 is 24.0 Å². The van der Waals surface area contributed by atoms with Crippen molar-refractivity contribution in [1.82, 2.24) is 20.0 Å². The quantitative estimate of drug-likeness (QED) is 0.252. The highest BCUT2D eigenvalue weighted by Gasteiger charge is 2.13. The first-order valence-corrected chi connectivity index (χ1v) is 9.80. The van der Waals surface area contributed by atoms with Crippen molar-refractivity contribution in [1.29, 1.82) is 0 Å². The molecule has 8 heteroatoms. The molecule has 3 heterocycles. The minimum absolute atomic E-state index is 0. The average Bonchev–Trinajstić information content (AvgIpc) is 3.12. The van der Waals surface area contributed by atoms with Gasteiger partial charge in [-0.25, -0.2) is 4.98 Å². The highest BCUT2D eigenvalue weighted by Crippen LogP contribution is 2.14. The van der Waals surface area contributed by atoms with Crippen LogP contribution in [-0.2, 0) is 16.0 Å². The fourth-order valence-electron chi connectivity index (χ4n) is 3.22. The molecule has 2 aromatic rings. The summed E-state index contributed by atoms with van der Waals surface area (Å²) in [6.07, 6.45) is 5.27. The van der Waals surface area contributed by atoms with Gasteiger partial charge in [0, 0.05) is 51.9 Å². The highest BCUT2D eigenvalue weighted by atomic mass is 127. The maximum atomic E-state index is 5.79. The second kappa shape index (κ2) is 12.2. The molecule has 1 aliphatic heterocycles. The van der Waals surface area contributed by atoms with Crippen LogP contribution in [0.25, 0.3) is 5.65 Å². The number of halogens is 1. The van der Waals surface area contributed by atoms with Crippen LogP contribution < -0.4 is 10.6 Å². The molecule has 3 rings (SSSR count). The van der Waals surface area contributed by atoms with Crippen molar-refractivity contribution in [3.8, 4) is 0 Å². The number of imidazole rings is 1. The van der Waals surface area contributed by atoms with E-state index >= 15 is 0 Å². The lowest BCUT2D eigenvalue weighted by Gasteiger charge is -2.21. The van der Waals surface area contributed by atoms with Gasteiger partial charge in [-0.3, -0.25) is 4.99 Å².